The minimum atomic E-state index is 0.909. The molecule has 0 amide bonds. The van der Waals surface area contributed by atoms with Gasteiger partial charge in [-0.25, -0.2) is 0 Å². The summed E-state index contributed by atoms with van der Waals surface area (Å²) >= 11 is 2.42. The second kappa shape index (κ2) is 3.95. The molecule has 16 heavy (non-hydrogen) atoms. The molecule has 1 aromatic carbocycles. The lowest BCUT2D eigenvalue weighted by atomic mass is 10.2. The van der Waals surface area contributed by atoms with Crippen LogP contribution in [0, 0.1) is 9.62 Å². The molecule has 2 nitrogen and oxygen atoms in total. The van der Waals surface area contributed by atoms with Crippen molar-refractivity contribution in [1.82, 2.24) is 4.57 Å². The van der Waals surface area contributed by atoms with Gasteiger partial charge in [0, 0.05) is 17.4 Å². The van der Waals surface area contributed by atoms with E-state index >= 15 is 0 Å². The van der Waals surface area contributed by atoms with Gasteiger partial charge in [-0.2, -0.15) is 0 Å². The first kappa shape index (κ1) is 10.4. The summed E-state index contributed by atoms with van der Waals surface area (Å²) in [5.74, 6) is 1.85. The number of halogens is 1. The third-order valence-electron chi connectivity index (χ3n) is 3.20. The lowest BCUT2D eigenvalue weighted by molar-refractivity contribution is 0.415. The molecule has 1 aliphatic rings. The van der Waals surface area contributed by atoms with Crippen LogP contribution in [0.5, 0.6) is 5.75 Å². The average molecular weight is 327 g/mol. The fourth-order valence-corrected chi connectivity index (χ4v) is 2.88. The van der Waals surface area contributed by atoms with E-state index in [1.54, 1.807) is 7.11 Å². The molecule has 84 valence electrons. The Balaban J connectivity index is 2.08. The minimum Gasteiger partial charge on any atom is -0.497 e. The highest BCUT2D eigenvalue weighted by Gasteiger charge is 2.23. The normalized spacial score (nSPS) is 15.6. The number of rotatable bonds is 3. The Kier molecular flexibility index (Phi) is 2.58. The summed E-state index contributed by atoms with van der Waals surface area (Å²) in [4.78, 5) is 0. The van der Waals surface area contributed by atoms with Gasteiger partial charge >= 0.3 is 0 Å². The zero-order valence-electron chi connectivity index (χ0n) is 9.24. The van der Waals surface area contributed by atoms with Crippen molar-refractivity contribution in [3.05, 3.63) is 28.0 Å². The van der Waals surface area contributed by atoms with Crippen molar-refractivity contribution in [2.24, 2.45) is 5.92 Å². The highest BCUT2D eigenvalue weighted by atomic mass is 127. The number of methoxy groups -OCH3 is 1. The maximum absolute atomic E-state index is 5.25. The highest BCUT2D eigenvalue weighted by molar-refractivity contribution is 14.1. The van der Waals surface area contributed by atoms with Crippen LogP contribution < -0.4 is 4.74 Å². The van der Waals surface area contributed by atoms with Gasteiger partial charge in [0.2, 0.25) is 0 Å². The van der Waals surface area contributed by atoms with E-state index in [0.717, 1.165) is 11.7 Å². The smallest absolute Gasteiger partial charge is 0.119 e. The van der Waals surface area contributed by atoms with Crippen LogP contribution in [0.15, 0.2) is 24.3 Å². The number of nitrogens with zero attached hydrogens (tertiary/aromatic N) is 1. The summed E-state index contributed by atoms with van der Waals surface area (Å²) in [5, 5.41) is 1.28. The maximum atomic E-state index is 5.25. The van der Waals surface area contributed by atoms with Crippen molar-refractivity contribution in [2.75, 3.05) is 7.11 Å². The molecular weight excluding hydrogens is 313 g/mol. The number of hydrogen-bond donors (Lipinski definition) is 0. The number of ether oxygens (including phenoxy) is 1. The monoisotopic (exact) mass is 327 g/mol. The Morgan fingerprint density at radius 2 is 2.19 bits per heavy atom. The molecule has 3 rings (SSSR count). The van der Waals surface area contributed by atoms with E-state index in [1.165, 1.54) is 34.0 Å². The quantitative estimate of drug-likeness (QED) is 0.785. The van der Waals surface area contributed by atoms with Gasteiger partial charge in [-0.05, 0) is 65.6 Å². The maximum Gasteiger partial charge on any atom is 0.119 e. The Morgan fingerprint density at radius 3 is 2.88 bits per heavy atom. The lowest BCUT2D eigenvalue weighted by Crippen LogP contribution is -2.01. The van der Waals surface area contributed by atoms with Gasteiger partial charge in [0.05, 0.1) is 10.8 Å². The second-order valence-electron chi connectivity index (χ2n) is 4.45. The molecule has 0 radical (unpaired) electrons. The minimum absolute atomic E-state index is 0.909. The molecule has 1 aliphatic carbocycles. The summed E-state index contributed by atoms with van der Waals surface area (Å²) in [6.45, 7) is 1.17. The number of hydrogen-bond acceptors (Lipinski definition) is 1. The van der Waals surface area contributed by atoms with Crippen LogP contribution in [0.3, 0.4) is 0 Å². The molecule has 0 unspecified atom stereocenters. The zero-order valence-corrected chi connectivity index (χ0v) is 11.4. The Labute approximate surface area is 109 Å². The Morgan fingerprint density at radius 1 is 1.38 bits per heavy atom. The van der Waals surface area contributed by atoms with Crippen LogP contribution in [0.1, 0.15) is 12.8 Å². The lowest BCUT2D eigenvalue weighted by Gasteiger charge is -2.06. The van der Waals surface area contributed by atoms with Crippen LogP contribution in [-0.4, -0.2) is 11.7 Å². The fourth-order valence-electron chi connectivity index (χ4n) is 2.09. The molecule has 3 heteroatoms. The van der Waals surface area contributed by atoms with Gasteiger partial charge in [-0.3, -0.25) is 0 Å². The molecule has 2 aromatic rings. The van der Waals surface area contributed by atoms with Crippen molar-refractivity contribution in [2.45, 2.75) is 19.4 Å². The van der Waals surface area contributed by atoms with E-state index in [0.29, 0.717) is 0 Å². The van der Waals surface area contributed by atoms with Crippen molar-refractivity contribution >= 4 is 33.5 Å². The van der Waals surface area contributed by atoms with Gasteiger partial charge in [-0.15, -0.1) is 0 Å². The van der Waals surface area contributed by atoms with E-state index in [1.807, 2.05) is 6.07 Å². The summed E-state index contributed by atoms with van der Waals surface area (Å²) < 4.78 is 9.00. The second-order valence-corrected chi connectivity index (χ2v) is 5.55. The van der Waals surface area contributed by atoms with Crippen LogP contribution >= 0.6 is 22.6 Å². The third-order valence-corrected chi connectivity index (χ3v) is 4.09. The first-order chi connectivity index (χ1) is 7.78. The Hall–Kier alpha value is -0.710. The molecule has 0 N–H and O–H groups in total. The van der Waals surface area contributed by atoms with Crippen LogP contribution in [-0.2, 0) is 6.54 Å². The van der Waals surface area contributed by atoms with Gasteiger partial charge in [0.15, 0.2) is 0 Å². The van der Waals surface area contributed by atoms with E-state index in [4.69, 9.17) is 4.74 Å². The molecule has 0 spiro atoms. The van der Waals surface area contributed by atoms with Crippen molar-refractivity contribution in [1.29, 1.82) is 0 Å². The molecule has 0 bridgehead atoms. The third kappa shape index (κ3) is 1.81. The molecule has 0 saturated heterocycles. The molecule has 1 fully saturated rings. The number of fused-ring (bicyclic) bond motifs is 1. The number of benzene rings is 1. The molecule has 0 aliphatic heterocycles. The Bertz CT molecular complexity index is 528. The summed E-state index contributed by atoms with van der Waals surface area (Å²) in [6, 6.07) is 8.56. The van der Waals surface area contributed by atoms with Crippen molar-refractivity contribution < 1.29 is 4.74 Å². The number of aromatic nitrogens is 1. The van der Waals surface area contributed by atoms with E-state index in [9.17, 15) is 0 Å². The summed E-state index contributed by atoms with van der Waals surface area (Å²) in [6.07, 6.45) is 2.79. The first-order valence-electron chi connectivity index (χ1n) is 5.60. The fraction of sp³-hybridized carbons (Fsp3) is 0.385. The van der Waals surface area contributed by atoms with E-state index in [-0.39, 0.29) is 0 Å². The molecular formula is C13H14INO. The predicted octanol–water partition coefficient (Wildman–Crippen LogP) is 3.66. The largest absolute Gasteiger partial charge is 0.497 e. The van der Waals surface area contributed by atoms with Crippen LogP contribution in [0.4, 0.5) is 0 Å². The average Bonchev–Trinajstić information content (AvgIpc) is 3.04. The zero-order chi connectivity index (χ0) is 11.1. The molecule has 1 saturated carbocycles. The molecule has 1 heterocycles. The SMILES string of the molecule is COc1ccc2c(c1)cc(I)n2CC1CC1. The van der Waals surface area contributed by atoms with E-state index in [2.05, 4.69) is 45.4 Å². The van der Waals surface area contributed by atoms with Crippen molar-refractivity contribution in [3.8, 4) is 5.75 Å². The summed E-state index contributed by atoms with van der Waals surface area (Å²) in [5.41, 5.74) is 1.33. The van der Waals surface area contributed by atoms with E-state index < -0.39 is 0 Å². The topological polar surface area (TPSA) is 14.2 Å². The summed E-state index contributed by atoms with van der Waals surface area (Å²) in [7, 11) is 1.72. The van der Waals surface area contributed by atoms with Crippen LogP contribution in [0.2, 0.25) is 0 Å². The van der Waals surface area contributed by atoms with Crippen LogP contribution in [0.25, 0.3) is 10.9 Å². The molecule has 1 aromatic heterocycles. The van der Waals surface area contributed by atoms with Gasteiger partial charge in [0.25, 0.3) is 0 Å². The predicted molar refractivity (Wildman–Crippen MR) is 73.9 cm³/mol. The van der Waals surface area contributed by atoms with Gasteiger partial charge in [0.1, 0.15) is 5.75 Å². The highest BCUT2D eigenvalue weighted by Crippen LogP contribution is 2.34. The molecule has 0 atom stereocenters. The standard InChI is InChI=1S/C13H14INO/c1-16-11-4-5-12-10(6-11)7-13(14)15(12)8-9-2-3-9/h4-7,9H,2-3,8H2,1H3. The van der Waals surface area contributed by atoms with Gasteiger partial charge < -0.3 is 9.30 Å². The van der Waals surface area contributed by atoms with Crippen molar-refractivity contribution in [3.63, 3.8) is 0 Å². The first-order valence-corrected chi connectivity index (χ1v) is 6.68. The van der Waals surface area contributed by atoms with Gasteiger partial charge in [-0.1, -0.05) is 0 Å².